The molecule has 0 spiro atoms. The number of aliphatic hydroxyl groups excluding tert-OH is 1. The molecule has 0 bridgehead atoms. The van der Waals surface area contributed by atoms with Gasteiger partial charge < -0.3 is 24.1 Å². The first-order valence-electron chi connectivity index (χ1n) is 11.8. The Morgan fingerprint density at radius 2 is 1.68 bits per heavy atom. The molecule has 0 aliphatic heterocycles. The molecule has 2 atom stereocenters. The molecule has 38 heavy (non-hydrogen) atoms. The van der Waals surface area contributed by atoms with Crippen molar-refractivity contribution in [1.82, 2.24) is 24.7 Å². The molecule has 1 aromatic carbocycles. The van der Waals surface area contributed by atoms with E-state index in [1.54, 1.807) is 22.8 Å². The first-order chi connectivity index (χ1) is 18.2. The van der Waals surface area contributed by atoms with Crippen LogP contribution in [0.3, 0.4) is 0 Å². The Balaban J connectivity index is 1.71. The molecule has 2 aromatic heterocycles. The summed E-state index contributed by atoms with van der Waals surface area (Å²) in [6, 6.07) is 5.21. The SMILES string of the molecule is COc1cccc(OC)c1-n1c(COC2CC(O)C2)nnc1CS(=O)(=O)[C@@H](C)[C@H](OC)c1ncc(Cl)cn1. The number of benzene rings is 1. The largest absolute Gasteiger partial charge is 0.494 e. The monoisotopic (exact) mass is 567 g/mol. The second-order valence-corrected chi connectivity index (χ2v) is 11.7. The van der Waals surface area contributed by atoms with E-state index in [4.69, 9.17) is 30.5 Å². The molecule has 2 heterocycles. The zero-order chi connectivity index (χ0) is 27.4. The van der Waals surface area contributed by atoms with Gasteiger partial charge in [-0.15, -0.1) is 10.2 Å². The number of sulfone groups is 1. The quantitative estimate of drug-likeness (QED) is 0.344. The van der Waals surface area contributed by atoms with Crippen molar-refractivity contribution in [2.45, 2.75) is 55.7 Å². The van der Waals surface area contributed by atoms with Gasteiger partial charge >= 0.3 is 0 Å². The summed E-state index contributed by atoms with van der Waals surface area (Å²) >= 11 is 5.88. The van der Waals surface area contributed by atoms with E-state index in [2.05, 4.69) is 20.2 Å². The van der Waals surface area contributed by atoms with Crippen molar-refractivity contribution in [3.63, 3.8) is 0 Å². The van der Waals surface area contributed by atoms with Crippen LogP contribution in [-0.4, -0.2) is 77.0 Å². The summed E-state index contributed by atoms with van der Waals surface area (Å²) in [5.74, 6) is 1.08. The van der Waals surface area contributed by atoms with Gasteiger partial charge in [-0.25, -0.2) is 18.4 Å². The molecule has 4 rings (SSSR count). The molecular formula is C24H30ClN5O7S. The van der Waals surface area contributed by atoms with Crippen molar-refractivity contribution in [2.24, 2.45) is 0 Å². The molecule has 0 saturated heterocycles. The van der Waals surface area contributed by atoms with Gasteiger partial charge in [0.05, 0.1) is 36.7 Å². The van der Waals surface area contributed by atoms with Crippen molar-refractivity contribution in [3.8, 4) is 17.2 Å². The molecule has 1 saturated carbocycles. The number of methoxy groups -OCH3 is 3. The van der Waals surface area contributed by atoms with Crippen LogP contribution in [0, 0.1) is 0 Å². The van der Waals surface area contributed by atoms with Gasteiger partial charge in [0.25, 0.3) is 0 Å². The van der Waals surface area contributed by atoms with Gasteiger partial charge in [-0.1, -0.05) is 17.7 Å². The van der Waals surface area contributed by atoms with E-state index in [-0.39, 0.29) is 30.5 Å². The van der Waals surface area contributed by atoms with Crippen LogP contribution >= 0.6 is 11.6 Å². The summed E-state index contributed by atoms with van der Waals surface area (Å²) in [5.41, 5.74) is 0.442. The summed E-state index contributed by atoms with van der Waals surface area (Å²) in [6.45, 7) is 1.57. The lowest BCUT2D eigenvalue weighted by Crippen LogP contribution is -2.35. The van der Waals surface area contributed by atoms with Crippen LogP contribution in [0.1, 0.15) is 43.3 Å². The van der Waals surface area contributed by atoms with Crippen molar-refractivity contribution >= 4 is 21.4 Å². The lowest BCUT2D eigenvalue weighted by Gasteiger charge is -2.31. The fourth-order valence-electron chi connectivity index (χ4n) is 4.19. The number of rotatable bonds is 12. The van der Waals surface area contributed by atoms with Gasteiger partial charge in [0.2, 0.25) is 0 Å². The van der Waals surface area contributed by atoms with E-state index in [0.29, 0.717) is 40.9 Å². The van der Waals surface area contributed by atoms with Gasteiger partial charge in [0.15, 0.2) is 27.3 Å². The number of halogens is 1. The Labute approximate surface area is 225 Å². The van der Waals surface area contributed by atoms with Crippen LogP contribution in [0.2, 0.25) is 5.02 Å². The number of aliphatic hydroxyl groups is 1. The first-order valence-corrected chi connectivity index (χ1v) is 13.9. The molecule has 1 aliphatic rings. The number of hydrogen-bond donors (Lipinski definition) is 1. The maximum atomic E-state index is 13.6. The van der Waals surface area contributed by atoms with Crippen LogP contribution < -0.4 is 9.47 Å². The van der Waals surface area contributed by atoms with Crippen molar-refractivity contribution in [3.05, 3.63) is 53.1 Å². The minimum Gasteiger partial charge on any atom is -0.494 e. The van der Waals surface area contributed by atoms with Crippen molar-refractivity contribution < 1.29 is 32.5 Å². The third-order valence-corrected chi connectivity index (χ3v) is 8.65. The average molecular weight is 568 g/mol. The summed E-state index contributed by atoms with van der Waals surface area (Å²) in [7, 11) is 0.509. The van der Waals surface area contributed by atoms with E-state index in [9.17, 15) is 13.5 Å². The fraction of sp³-hybridized carbons (Fsp3) is 0.500. The Hall–Kier alpha value is -2.84. The molecule has 1 aliphatic carbocycles. The Kier molecular flexibility index (Phi) is 8.83. The summed E-state index contributed by atoms with van der Waals surface area (Å²) in [6.07, 6.45) is 2.37. The van der Waals surface area contributed by atoms with Crippen LogP contribution in [0.4, 0.5) is 0 Å². The van der Waals surface area contributed by atoms with E-state index in [0.717, 1.165) is 0 Å². The predicted molar refractivity (Wildman–Crippen MR) is 137 cm³/mol. The normalized spacial score (nSPS) is 19.0. The Morgan fingerprint density at radius 1 is 1.08 bits per heavy atom. The van der Waals surface area contributed by atoms with Crippen LogP contribution in [0.5, 0.6) is 11.5 Å². The molecule has 1 N–H and O–H groups in total. The molecule has 206 valence electrons. The van der Waals surface area contributed by atoms with Gasteiger partial charge in [0, 0.05) is 19.5 Å². The smallest absolute Gasteiger partial charge is 0.163 e. The Morgan fingerprint density at radius 3 is 2.24 bits per heavy atom. The lowest BCUT2D eigenvalue weighted by atomic mass is 9.92. The number of aromatic nitrogens is 5. The second-order valence-electron chi connectivity index (χ2n) is 8.87. The highest BCUT2D eigenvalue weighted by molar-refractivity contribution is 7.91. The van der Waals surface area contributed by atoms with Crippen molar-refractivity contribution in [1.29, 1.82) is 0 Å². The van der Waals surface area contributed by atoms with Crippen LogP contribution in [0.15, 0.2) is 30.6 Å². The van der Waals surface area contributed by atoms with E-state index in [1.807, 2.05) is 0 Å². The third-order valence-electron chi connectivity index (χ3n) is 6.41. The molecule has 0 unspecified atom stereocenters. The van der Waals surface area contributed by atoms with E-state index in [1.165, 1.54) is 40.6 Å². The minimum absolute atomic E-state index is 0.0422. The Bertz CT molecular complexity index is 1320. The number of para-hydroxylation sites is 1. The standard InChI is InChI=1S/C24H30ClN5O7S/c1-14(23(36-4)24-26-10-15(25)11-27-24)38(32,33)13-21-29-28-20(12-37-17-8-16(31)9-17)30(21)22-18(34-2)6-5-7-19(22)35-3/h5-7,10-11,14,16-17,23,31H,8-9,12-13H2,1-4H3/t14-,16?,17?,23-/m0/s1. The second kappa shape index (κ2) is 11.9. The van der Waals surface area contributed by atoms with E-state index >= 15 is 0 Å². The van der Waals surface area contributed by atoms with Gasteiger partial charge in [-0.05, 0) is 31.9 Å². The molecule has 0 amide bonds. The lowest BCUT2D eigenvalue weighted by molar-refractivity contribution is -0.0797. The molecule has 0 radical (unpaired) electrons. The zero-order valence-electron chi connectivity index (χ0n) is 21.4. The molecule has 1 fully saturated rings. The van der Waals surface area contributed by atoms with Gasteiger partial charge in [-0.2, -0.15) is 0 Å². The number of nitrogens with zero attached hydrogens (tertiary/aromatic N) is 5. The highest BCUT2D eigenvalue weighted by atomic mass is 35.5. The highest BCUT2D eigenvalue weighted by Crippen LogP contribution is 2.35. The van der Waals surface area contributed by atoms with E-state index < -0.39 is 26.9 Å². The highest BCUT2D eigenvalue weighted by Gasteiger charge is 2.35. The summed E-state index contributed by atoms with van der Waals surface area (Å²) in [4.78, 5) is 8.26. The van der Waals surface area contributed by atoms with Crippen molar-refractivity contribution in [2.75, 3.05) is 21.3 Å². The number of hydrogen-bond acceptors (Lipinski definition) is 11. The minimum atomic E-state index is -3.89. The summed E-state index contributed by atoms with van der Waals surface area (Å²) < 4.78 is 51.4. The average Bonchev–Trinajstić information content (AvgIpc) is 3.27. The molecule has 12 nitrogen and oxygen atoms in total. The zero-order valence-corrected chi connectivity index (χ0v) is 23.0. The molecular weight excluding hydrogens is 538 g/mol. The predicted octanol–water partition coefficient (Wildman–Crippen LogP) is 2.46. The summed E-state index contributed by atoms with van der Waals surface area (Å²) in [5, 5.41) is 17.4. The fourth-order valence-corrected chi connectivity index (χ4v) is 5.71. The van der Waals surface area contributed by atoms with Gasteiger partial charge in [-0.3, -0.25) is 4.57 Å². The molecule has 14 heteroatoms. The van der Waals surface area contributed by atoms with Crippen LogP contribution in [0.25, 0.3) is 5.69 Å². The first kappa shape index (κ1) is 28.2. The van der Waals surface area contributed by atoms with Crippen LogP contribution in [-0.2, 0) is 31.7 Å². The maximum absolute atomic E-state index is 13.6. The molecule has 3 aromatic rings. The maximum Gasteiger partial charge on any atom is 0.163 e. The third kappa shape index (κ3) is 5.91. The van der Waals surface area contributed by atoms with Gasteiger partial charge in [0.1, 0.15) is 35.7 Å². The number of ether oxygens (including phenoxy) is 4. The topological polar surface area (TPSA) is 148 Å².